The highest BCUT2D eigenvalue weighted by atomic mass is 32.2. The number of amides is 2. The maximum absolute atomic E-state index is 13.0. The summed E-state index contributed by atoms with van der Waals surface area (Å²) in [6, 6.07) is 11.0. The quantitative estimate of drug-likeness (QED) is 0.769. The lowest BCUT2D eigenvalue weighted by molar-refractivity contribution is 0.0730. The second-order valence-electron chi connectivity index (χ2n) is 6.61. The van der Waals surface area contributed by atoms with E-state index in [4.69, 9.17) is 4.74 Å². The summed E-state index contributed by atoms with van der Waals surface area (Å²) in [5.41, 5.74) is 1.78. The molecule has 1 heterocycles. The third-order valence-corrected chi connectivity index (χ3v) is 6.71. The summed E-state index contributed by atoms with van der Waals surface area (Å²) < 4.78 is 32.5. The van der Waals surface area contributed by atoms with Crippen molar-refractivity contribution < 1.29 is 22.7 Å². The van der Waals surface area contributed by atoms with Crippen molar-refractivity contribution in [2.45, 2.75) is 11.8 Å². The van der Waals surface area contributed by atoms with Crippen molar-refractivity contribution in [3.63, 3.8) is 0 Å². The Labute approximate surface area is 169 Å². The van der Waals surface area contributed by atoms with Gasteiger partial charge >= 0.3 is 0 Å². The Kier molecular flexibility index (Phi) is 6.31. The van der Waals surface area contributed by atoms with E-state index in [9.17, 15) is 18.0 Å². The first-order valence-corrected chi connectivity index (χ1v) is 10.6. The minimum absolute atomic E-state index is 0.113. The fourth-order valence-corrected chi connectivity index (χ4v) is 4.66. The fraction of sp³-hybridized carbons (Fsp3) is 0.300. The van der Waals surface area contributed by atoms with Crippen LogP contribution in [0.4, 0.5) is 5.69 Å². The van der Waals surface area contributed by atoms with Crippen molar-refractivity contribution in [2.75, 3.05) is 38.7 Å². The van der Waals surface area contributed by atoms with E-state index < -0.39 is 15.9 Å². The van der Waals surface area contributed by atoms with Gasteiger partial charge in [0.25, 0.3) is 11.8 Å². The van der Waals surface area contributed by atoms with Gasteiger partial charge in [-0.15, -0.1) is 0 Å². The normalized spacial score (nSPS) is 15.0. The zero-order valence-electron chi connectivity index (χ0n) is 16.3. The summed E-state index contributed by atoms with van der Waals surface area (Å²) in [5.74, 6) is -0.657. The first-order chi connectivity index (χ1) is 13.8. The molecule has 8 nitrogen and oxygen atoms in total. The zero-order chi connectivity index (χ0) is 21.0. The first kappa shape index (κ1) is 21.0. The van der Waals surface area contributed by atoms with Crippen LogP contribution in [0.15, 0.2) is 47.4 Å². The molecule has 1 aliphatic rings. The van der Waals surface area contributed by atoms with Gasteiger partial charge in [0, 0.05) is 37.0 Å². The van der Waals surface area contributed by atoms with Gasteiger partial charge in [-0.2, -0.15) is 4.31 Å². The van der Waals surface area contributed by atoms with E-state index in [1.54, 1.807) is 43.3 Å². The number of rotatable bonds is 5. The van der Waals surface area contributed by atoms with Crippen molar-refractivity contribution in [2.24, 2.45) is 0 Å². The molecule has 0 bridgehead atoms. The number of hydrogen-bond donors (Lipinski definition) is 2. The molecule has 0 aromatic heterocycles. The molecule has 3 rings (SSSR count). The van der Waals surface area contributed by atoms with Crippen LogP contribution in [-0.4, -0.2) is 57.9 Å². The Morgan fingerprint density at radius 3 is 2.21 bits per heavy atom. The van der Waals surface area contributed by atoms with E-state index in [2.05, 4.69) is 10.6 Å². The summed E-state index contributed by atoms with van der Waals surface area (Å²) in [5, 5.41) is 5.25. The van der Waals surface area contributed by atoms with Crippen LogP contribution in [0.3, 0.4) is 0 Å². The smallest absolute Gasteiger partial charge is 0.255 e. The molecule has 1 fully saturated rings. The molecule has 154 valence electrons. The maximum atomic E-state index is 13.0. The molecule has 9 heteroatoms. The Balaban J connectivity index is 1.81. The van der Waals surface area contributed by atoms with Crippen molar-refractivity contribution in [3.8, 4) is 0 Å². The van der Waals surface area contributed by atoms with Crippen LogP contribution >= 0.6 is 0 Å². The summed E-state index contributed by atoms with van der Waals surface area (Å²) in [7, 11) is -2.17. The molecule has 0 saturated carbocycles. The summed E-state index contributed by atoms with van der Waals surface area (Å²) in [6.07, 6.45) is 0. The van der Waals surface area contributed by atoms with Crippen LogP contribution in [0.1, 0.15) is 26.3 Å². The van der Waals surface area contributed by atoms with E-state index in [1.165, 1.54) is 17.4 Å². The Morgan fingerprint density at radius 1 is 0.966 bits per heavy atom. The van der Waals surface area contributed by atoms with Gasteiger partial charge in [0.1, 0.15) is 0 Å². The van der Waals surface area contributed by atoms with E-state index in [-0.39, 0.29) is 29.5 Å². The number of morpholine rings is 1. The molecule has 0 spiro atoms. The third kappa shape index (κ3) is 4.64. The van der Waals surface area contributed by atoms with Crippen molar-refractivity contribution in [3.05, 3.63) is 59.2 Å². The molecule has 0 radical (unpaired) electrons. The number of nitrogens with zero attached hydrogens (tertiary/aromatic N) is 1. The number of nitrogens with one attached hydrogen (secondary N) is 2. The molecule has 2 amide bonds. The molecule has 0 aliphatic carbocycles. The number of ether oxygens (including phenoxy) is 1. The van der Waals surface area contributed by atoms with Gasteiger partial charge in [-0.05, 0) is 48.9 Å². The van der Waals surface area contributed by atoms with Gasteiger partial charge in [-0.1, -0.05) is 6.07 Å². The van der Waals surface area contributed by atoms with E-state index in [0.29, 0.717) is 30.0 Å². The zero-order valence-corrected chi connectivity index (χ0v) is 17.1. The predicted octanol–water partition coefficient (Wildman–Crippen LogP) is 1.63. The number of carbonyl (C=O) groups is 2. The number of benzene rings is 2. The first-order valence-electron chi connectivity index (χ1n) is 9.15. The lowest BCUT2D eigenvalue weighted by Crippen LogP contribution is -2.40. The molecular weight excluding hydrogens is 394 g/mol. The lowest BCUT2D eigenvalue weighted by Gasteiger charge is -2.26. The highest BCUT2D eigenvalue weighted by molar-refractivity contribution is 7.89. The molecule has 2 aromatic rings. The average molecular weight is 417 g/mol. The molecule has 29 heavy (non-hydrogen) atoms. The summed E-state index contributed by atoms with van der Waals surface area (Å²) in [6.45, 7) is 2.98. The standard InChI is InChI=1S/C20H23N3O5S/c1-14-3-4-16(13-18(14)29(26,27)23-9-11-28-12-10-23)20(25)22-17-7-5-15(6-8-17)19(24)21-2/h3-8,13H,9-12H2,1-2H3,(H,21,24)(H,22,25). The highest BCUT2D eigenvalue weighted by Gasteiger charge is 2.28. The van der Waals surface area contributed by atoms with E-state index in [0.717, 1.165) is 0 Å². The SMILES string of the molecule is CNC(=O)c1ccc(NC(=O)c2ccc(C)c(S(=O)(=O)N3CCOCC3)c2)cc1. The monoisotopic (exact) mass is 417 g/mol. The molecular formula is C20H23N3O5S. The Morgan fingerprint density at radius 2 is 1.59 bits per heavy atom. The minimum atomic E-state index is -3.71. The van der Waals surface area contributed by atoms with Gasteiger partial charge in [0.2, 0.25) is 10.0 Å². The number of hydrogen-bond acceptors (Lipinski definition) is 5. The molecule has 1 aliphatic heterocycles. The molecule has 1 saturated heterocycles. The highest BCUT2D eigenvalue weighted by Crippen LogP contribution is 2.23. The van der Waals surface area contributed by atoms with Crippen LogP contribution in [-0.2, 0) is 14.8 Å². The van der Waals surface area contributed by atoms with Gasteiger partial charge in [-0.25, -0.2) is 8.42 Å². The van der Waals surface area contributed by atoms with Crippen LogP contribution in [0.25, 0.3) is 0 Å². The van der Waals surface area contributed by atoms with Crippen LogP contribution in [0, 0.1) is 6.92 Å². The molecule has 2 N–H and O–H groups in total. The van der Waals surface area contributed by atoms with Crippen molar-refractivity contribution >= 4 is 27.5 Å². The number of sulfonamides is 1. The Bertz CT molecular complexity index is 1010. The third-order valence-electron chi connectivity index (χ3n) is 4.67. The maximum Gasteiger partial charge on any atom is 0.255 e. The minimum Gasteiger partial charge on any atom is -0.379 e. The summed E-state index contributed by atoms with van der Waals surface area (Å²) >= 11 is 0. The van der Waals surface area contributed by atoms with Crippen LogP contribution < -0.4 is 10.6 Å². The predicted molar refractivity (Wildman–Crippen MR) is 109 cm³/mol. The van der Waals surface area contributed by atoms with Gasteiger partial charge in [0.05, 0.1) is 18.1 Å². The average Bonchev–Trinajstić information content (AvgIpc) is 2.74. The van der Waals surface area contributed by atoms with Gasteiger partial charge < -0.3 is 15.4 Å². The van der Waals surface area contributed by atoms with E-state index in [1.807, 2.05) is 0 Å². The van der Waals surface area contributed by atoms with Gasteiger partial charge in [-0.3, -0.25) is 9.59 Å². The van der Waals surface area contributed by atoms with Crippen LogP contribution in [0.2, 0.25) is 0 Å². The van der Waals surface area contributed by atoms with E-state index >= 15 is 0 Å². The van der Waals surface area contributed by atoms with Crippen LogP contribution in [0.5, 0.6) is 0 Å². The Hall–Kier alpha value is -2.75. The molecule has 0 atom stereocenters. The molecule has 2 aromatic carbocycles. The second-order valence-corrected chi connectivity index (χ2v) is 8.51. The van der Waals surface area contributed by atoms with Crippen molar-refractivity contribution in [1.82, 2.24) is 9.62 Å². The van der Waals surface area contributed by atoms with Crippen molar-refractivity contribution in [1.29, 1.82) is 0 Å². The lowest BCUT2D eigenvalue weighted by atomic mass is 10.1. The second kappa shape index (κ2) is 8.73. The fourth-order valence-electron chi connectivity index (χ4n) is 3.00. The number of aryl methyl sites for hydroxylation is 1. The van der Waals surface area contributed by atoms with Gasteiger partial charge in [0.15, 0.2) is 0 Å². The number of anilines is 1. The number of carbonyl (C=O) groups excluding carboxylic acids is 2. The topological polar surface area (TPSA) is 105 Å². The molecule has 0 unspecified atom stereocenters. The largest absolute Gasteiger partial charge is 0.379 e. The summed E-state index contributed by atoms with van der Waals surface area (Å²) in [4.78, 5) is 24.3.